The monoisotopic (exact) mass is 311 g/mol. The van der Waals surface area contributed by atoms with Gasteiger partial charge in [0.1, 0.15) is 10.7 Å². The van der Waals surface area contributed by atoms with E-state index in [4.69, 9.17) is 32.2 Å². The van der Waals surface area contributed by atoms with Crippen molar-refractivity contribution >= 4 is 17.2 Å². The van der Waals surface area contributed by atoms with Gasteiger partial charge in [-0.3, -0.25) is 0 Å². The van der Waals surface area contributed by atoms with Crippen molar-refractivity contribution in [3.8, 4) is 5.75 Å². The fourth-order valence-electron chi connectivity index (χ4n) is 1.65. The molecule has 0 aliphatic carbocycles. The van der Waals surface area contributed by atoms with E-state index in [1.165, 1.54) is 0 Å². The third-order valence-corrected chi connectivity index (χ3v) is 2.83. The van der Waals surface area contributed by atoms with Crippen LogP contribution in [0.4, 0.5) is 0 Å². The van der Waals surface area contributed by atoms with Crippen LogP contribution in [-0.4, -0.2) is 37.0 Å². The van der Waals surface area contributed by atoms with Crippen molar-refractivity contribution in [2.75, 3.05) is 26.4 Å². The number of hydrogen-bond donors (Lipinski definition) is 1. The molecule has 0 amide bonds. The smallest absolute Gasteiger partial charge is 0.129 e. The number of thiocarbonyl (C=S) groups is 1. The van der Waals surface area contributed by atoms with Gasteiger partial charge >= 0.3 is 0 Å². The van der Waals surface area contributed by atoms with Gasteiger partial charge in [-0.15, -0.1) is 0 Å². The maximum absolute atomic E-state index is 5.68. The lowest BCUT2D eigenvalue weighted by atomic mass is 10.2. The molecule has 1 aromatic rings. The Balaban J connectivity index is 2.14. The molecule has 1 rings (SSSR count). The van der Waals surface area contributed by atoms with Gasteiger partial charge in [-0.05, 0) is 32.9 Å². The van der Waals surface area contributed by atoms with E-state index in [2.05, 4.69) is 0 Å². The van der Waals surface area contributed by atoms with Crippen molar-refractivity contribution in [3.05, 3.63) is 29.8 Å². The first-order valence-electron chi connectivity index (χ1n) is 7.13. The third kappa shape index (κ3) is 7.99. The van der Waals surface area contributed by atoms with Crippen LogP contribution in [0, 0.1) is 0 Å². The highest BCUT2D eigenvalue weighted by Crippen LogP contribution is 2.17. The van der Waals surface area contributed by atoms with Crippen LogP contribution < -0.4 is 10.5 Å². The molecule has 5 heteroatoms. The molecule has 4 nitrogen and oxygen atoms in total. The van der Waals surface area contributed by atoms with Gasteiger partial charge < -0.3 is 19.9 Å². The van der Waals surface area contributed by atoms with Crippen LogP contribution in [0.3, 0.4) is 0 Å². The summed E-state index contributed by atoms with van der Waals surface area (Å²) in [5.74, 6) is 0.723. The first-order chi connectivity index (χ1) is 9.90. The van der Waals surface area contributed by atoms with Crippen LogP contribution in [0.2, 0.25) is 0 Å². The largest absolute Gasteiger partial charge is 0.493 e. The van der Waals surface area contributed by atoms with Crippen molar-refractivity contribution < 1.29 is 14.2 Å². The predicted octanol–water partition coefficient (Wildman–Crippen LogP) is 2.92. The van der Waals surface area contributed by atoms with Crippen molar-refractivity contribution in [1.29, 1.82) is 0 Å². The molecule has 0 aromatic heterocycles. The van der Waals surface area contributed by atoms with E-state index in [-0.39, 0.29) is 5.60 Å². The average molecular weight is 311 g/mol. The maximum atomic E-state index is 5.68. The Kier molecular flexibility index (Phi) is 7.64. The van der Waals surface area contributed by atoms with E-state index in [1.54, 1.807) is 0 Å². The number of ether oxygens (including phenoxy) is 3. The van der Waals surface area contributed by atoms with Crippen LogP contribution in [0.1, 0.15) is 32.8 Å². The van der Waals surface area contributed by atoms with E-state index in [0.29, 0.717) is 31.4 Å². The predicted molar refractivity (Wildman–Crippen MR) is 89.0 cm³/mol. The molecule has 1 aromatic carbocycles. The van der Waals surface area contributed by atoms with E-state index >= 15 is 0 Å². The van der Waals surface area contributed by atoms with E-state index in [0.717, 1.165) is 17.7 Å². The normalized spacial score (nSPS) is 11.4. The van der Waals surface area contributed by atoms with Gasteiger partial charge in [0.2, 0.25) is 0 Å². The summed E-state index contributed by atoms with van der Waals surface area (Å²) >= 11 is 4.99. The molecule has 118 valence electrons. The van der Waals surface area contributed by atoms with E-state index < -0.39 is 0 Å². The van der Waals surface area contributed by atoms with Crippen LogP contribution in [0.25, 0.3) is 0 Å². The number of hydrogen-bond acceptors (Lipinski definition) is 4. The summed E-state index contributed by atoms with van der Waals surface area (Å²) in [5.41, 5.74) is 6.30. The van der Waals surface area contributed by atoms with Gasteiger partial charge in [0.05, 0.1) is 31.0 Å². The summed E-state index contributed by atoms with van der Waals surface area (Å²) in [5, 5.41) is 0. The van der Waals surface area contributed by atoms with Crippen molar-refractivity contribution in [1.82, 2.24) is 0 Å². The highest BCUT2D eigenvalue weighted by atomic mass is 32.1. The fourth-order valence-corrected chi connectivity index (χ4v) is 1.82. The molecule has 2 N–H and O–H groups in total. The summed E-state index contributed by atoms with van der Waals surface area (Å²) in [6, 6.07) is 7.52. The van der Waals surface area contributed by atoms with E-state index in [1.807, 2.05) is 45.0 Å². The molecule has 0 heterocycles. The Bertz CT molecular complexity index is 443. The summed E-state index contributed by atoms with van der Waals surface area (Å²) in [6.45, 7) is 8.50. The molecule has 0 bridgehead atoms. The van der Waals surface area contributed by atoms with Gasteiger partial charge in [0.25, 0.3) is 0 Å². The Morgan fingerprint density at radius 2 is 1.81 bits per heavy atom. The molecule has 0 saturated heterocycles. The zero-order chi connectivity index (χ0) is 15.7. The zero-order valence-corrected chi connectivity index (χ0v) is 13.9. The van der Waals surface area contributed by atoms with Crippen molar-refractivity contribution in [2.45, 2.75) is 32.8 Å². The highest BCUT2D eigenvalue weighted by Gasteiger charge is 2.09. The minimum Gasteiger partial charge on any atom is -0.493 e. The van der Waals surface area contributed by atoms with Gasteiger partial charge in [0, 0.05) is 13.0 Å². The Morgan fingerprint density at radius 1 is 1.10 bits per heavy atom. The first-order valence-corrected chi connectivity index (χ1v) is 7.54. The van der Waals surface area contributed by atoms with Gasteiger partial charge in [0.15, 0.2) is 0 Å². The molecule has 0 atom stereocenters. The molecular weight excluding hydrogens is 286 g/mol. The van der Waals surface area contributed by atoms with Crippen LogP contribution in [0.15, 0.2) is 24.3 Å². The van der Waals surface area contributed by atoms with Crippen molar-refractivity contribution in [2.24, 2.45) is 5.73 Å². The minimum atomic E-state index is -0.114. The molecule has 0 aliphatic rings. The summed E-state index contributed by atoms with van der Waals surface area (Å²) in [6.07, 6.45) is 0.807. The topological polar surface area (TPSA) is 53.7 Å². The molecule has 0 fully saturated rings. The second kappa shape index (κ2) is 8.97. The standard InChI is InChI=1S/C16H25NO3S/c1-16(2,3)20-12-11-18-9-6-10-19-14-8-5-4-7-13(14)15(17)21/h4-5,7-8H,6,9-12H2,1-3H3,(H2,17,21). The lowest BCUT2D eigenvalue weighted by molar-refractivity contribution is -0.0357. The number of nitrogens with two attached hydrogens (primary N) is 1. The van der Waals surface area contributed by atoms with Crippen LogP contribution in [-0.2, 0) is 9.47 Å². The van der Waals surface area contributed by atoms with Gasteiger partial charge in [-0.1, -0.05) is 24.4 Å². The molecule has 21 heavy (non-hydrogen) atoms. The Labute approximate surface area is 132 Å². The Morgan fingerprint density at radius 3 is 2.48 bits per heavy atom. The molecule has 0 spiro atoms. The van der Waals surface area contributed by atoms with E-state index in [9.17, 15) is 0 Å². The molecule has 0 unspecified atom stereocenters. The third-order valence-electron chi connectivity index (χ3n) is 2.61. The molecule has 0 saturated carbocycles. The summed E-state index contributed by atoms with van der Waals surface area (Å²) < 4.78 is 16.7. The average Bonchev–Trinajstić information content (AvgIpc) is 2.41. The number of rotatable bonds is 9. The second-order valence-corrected chi connectivity index (χ2v) is 6.08. The summed E-state index contributed by atoms with van der Waals surface area (Å²) in [4.78, 5) is 0.348. The molecule has 0 aliphatic heterocycles. The lowest BCUT2D eigenvalue weighted by Gasteiger charge is -2.19. The maximum Gasteiger partial charge on any atom is 0.129 e. The lowest BCUT2D eigenvalue weighted by Crippen LogP contribution is -2.22. The van der Waals surface area contributed by atoms with Gasteiger partial charge in [-0.25, -0.2) is 0 Å². The van der Waals surface area contributed by atoms with Crippen LogP contribution >= 0.6 is 12.2 Å². The SMILES string of the molecule is CC(C)(C)OCCOCCCOc1ccccc1C(N)=S. The minimum absolute atomic E-state index is 0.114. The Hall–Kier alpha value is -1.17. The van der Waals surface area contributed by atoms with Crippen LogP contribution in [0.5, 0.6) is 5.75 Å². The first kappa shape index (κ1) is 17.9. The fraction of sp³-hybridized carbons (Fsp3) is 0.562. The zero-order valence-electron chi connectivity index (χ0n) is 13.1. The number of benzene rings is 1. The van der Waals surface area contributed by atoms with Crippen molar-refractivity contribution in [3.63, 3.8) is 0 Å². The summed E-state index contributed by atoms with van der Waals surface area (Å²) in [7, 11) is 0. The van der Waals surface area contributed by atoms with Gasteiger partial charge in [-0.2, -0.15) is 0 Å². The number of para-hydroxylation sites is 1. The quantitative estimate of drug-likeness (QED) is 0.561. The highest BCUT2D eigenvalue weighted by molar-refractivity contribution is 7.80. The molecular formula is C16H25NO3S. The molecule has 0 radical (unpaired) electrons. The second-order valence-electron chi connectivity index (χ2n) is 5.64.